The smallest absolute Gasteiger partial charge is 0.311 e. The molecular weight excluding hydrogens is 293 g/mol. The summed E-state index contributed by atoms with van der Waals surface area (Å²) in [5, 5.41) is 9.91. The van der Waals surface area contributed by atoms with Crippen molar-refractivity contribution in [2.75, 3.05) is 18.6 Å². The van der Waals surface area contributed by atoms with E-state index >= 15 is 0 Å². The summed E-state index contributed by atoms with van der Waals surface area (Å²) < 4.78 is 4.62. The molecule has 7 heteroatoms. The predicted octanol–water partition coefficient (Wildman–Crippen LogP) is 2.22. The number of ether oxygens (including phenoxy) is 1. The number of carbonyl (C=O) groups excluding carboxylic acids is 2. The summed E-state index contributed by atoms with van der Waals surface area (Å²) >= 11 is 11.7. The van der Waals surface area contributed by atoms with Crippen LogP contribution in [0.2, 0.25) is 10.0 Å². The minimum absolute atomic E-state index is 0.0619. The van der Waals surface area contributed by atoms with Gasteiger partial charge in [0.05, 0.1) is 28.8 Å². The molecular formula is C12H11Cl2NO4. The number of methoxy groups -OCH3 is 1. The van der Waals surface area contributed by atoms with E-state index in [2.05, 4.69) is 4.74 Å². The van der Waals surface area contributed by atoms with Crippen molar-refractivity contribution in [1.29, 1.82) is 0 Å². The van der Waals surface area contributed by atoms with Crippen molar-refractivity contribution in [3.63, 3.8) is 0 Å². The summed E-state index contributed by atoms with van der Waals surface area (Å²) in [6.45, 7) is 0.173. The first-order chi connectivity index (χ1) is 8.93. The largest absolute Gasteiger partial charge is 0.506 e. The van der Waals surface area contributed by atoms with Gasteiger partial charge in [-0.15, -0.1) is 0 Å². The Balaban J connectivity index is 2.30. The number of phenols is 1. The third-order valence-electron chi connectivity index (χ3n) is 2.97. The number of carbonyl (C=O) groups is 2. The Labute approximate surface area is 119 Å². The highest BCUT2D eigenvalue weighted by atomic mass is 35.5. The van der Waals surface area contributed by atoms with Crippen LogP contribution in [0.5, 0.6) is 5.75 Å². The first-order valence-corrected chi connectivity index (χ1v) is 6.25. The molecule has 1 unspecified atom stereocenters. The summed E-state index contributed by atoms with van der Waals surface area (Å²) in [5.41, 5.74) is 0.333. The third kappa shape index (κ3) is 2.62. The number of aromatic hydroxyl groups is 1. The van der Waals surface area contributed by atoms with Gasteiger partial charge in [0.2, 0.25) is 5.91 Å². The number of halogens is 2. The first-order valence-electron chi connectivity index (χ1n) is 5.50. The number of esters is 1. The second kappa shape index (κ2) is 5.27. The Morgan fingerprint density at radius 2 is 2.11 bits per heavy atom. The second-order valence-electron chi connectivity index (χ2n) is 4.18. The zero-order valence-electron chi connectivity index (χ0n) is 10.0. The van der Waals surface area contributed by atoms with Gasteiger partial charge in [-0.3, -0.25) is 9.59 Å². The number of rotatable bonds is 2. The standard InChI is InChI=1S/C12H11Cl2NO4/c1-19-12(18)6-2-11(17)15(5-6)9-4-10(16)8(14)3-7(9)13/h3-4,6,16H,2,5H2,1H3. The molecule has 0 bridgehead atoms. The van der Waals surface area contributed by atoms with E-state index in [1.807, 2.05) is 0 Å². The lowest BCUT2D eigenvalue weighted by molar-refractivity contribution is -0.145. The Hall–Kier alpha value is -1.46. The van der Waals surface area contributed by atoms with Crippen molar-refractivity contribution in [1.82, 2.24) is 0 Å². The first kappa shape index (κ1) is 14.0. The molecule has 1 atom stereocenters. The molecule has 1 aromatic carbocycles. The maximum absolute atomic E-state index is 11.9. The van der Waals surface area contributed by atoms with Crippen LogP contribution in [0.4, 0.5) is 5.69 Å². The predicted molar refractivity (Wildman–Crippen MR) is 70.6 cm³/mol. The molecule has 0 saturated carbocycles. The van der Waals surface area contributed by atoms with Gasteiger partial charge in [0.25, 0.3) is 0 Å². The lowest BCUT2D eigenvalue weighted by Crippen LogP contribution is -2.26. The SMILES string of the molecule is COC(=O)C1CC(=O)N(c2cc(O)c(Cl)cc2Cl)C1. The van der Waals surface area contributed by atoms with Gasteiger partial charge in [-0.1, -0.05) is 23.2 Å². The van der Waals surface area contributed by atoms with Crippen molar-refractivity contribution < 1.29 is 19.4 Å². The zero-order valence-corrected chi connectivity index (χ0v) is 11.5. The van der Waals surface area contributed by atoms with Crippen molar-refractivity contribution in [2.45, 2.75) is 6.42 Å². The fraction of sp³-hybridized carbons (Fsp3) is 0.333. The quantitative estimate of drug-likeness (QED) is 0.851. The van der Waals surface area contributed by atoms with E-state index in [0.29, 0.717) is 5.69 Å². The number of hydrogen-bond acceptors (Lipinski definition) is 4. The number of hydrogen-bond donors (Lipinski definition) is 1. The number of amides is 1. The van der Waals surface area contributed by atoms with Crippen LogP contribution in [-0.2, 0) is 14.3 Å². The van der Waals surface area contributed by atoms with E-state index < -0.39 is 11.9 Å². The molecule has 1 saturated heterocycles. The van der Waals surface area contributed by atoms with E-state index in [4.69, 9.17) is 23.2 Å². The molecule has 1 amide bonds. The van der Waals surface area contributed by atoms with Crippen LogP contribution in [-0.4, -0.2) is 30.6 Å². The number of nitrogens with zero attached hydrogens (tertiary/aromatic N) is 1. The topological polar surface area (TPSA) is 66.8 Å². The van der Waals surface area contributed by atoms with Crippen LogP contribution >= 0.6 is 23.2 Å². The molecule has 0 aromatic heterocycles. The molecule has 1 N–H and O–H groups in total. The maximum Gasteiger partial charge on any atom is 0.311 e. The average Bonchev–Trinajstić information content (AvgIpc) is 2.75. The zero-order chi connectivity index (χ0) is 14.2. The van der Waals surface area contributed by atoms with Gasteiger partial charge >= 0.3 is 5.97 Å². The second-order valence-corrected chi connectivity index (χ2v) is 5.00. The summed E-state index contributed by atoms with van der Waals surface area (Å²) in [6.07, 6.45) is 0.0619. The van der Waals surface area contributed by atoms with Crippen molar-refractivity contribution in [3.05, 3.63) is 22.2 Å². The van der Waals surface area contributed by atoms with E-state index in [0.717, 1.165) is 0 Å². The molecule has 1 fully saturated rings. The van der Waals surface area contributed by atoms with Gasteiger partial charge in [-0.2, -0.15) is 0 Å². The number of anilines is 1. The van der Waals surface area contributed by atoms with Gasteiger partial charge in [0, 0.05) is 19.0 Å². The molecule has 19 heavy (non-hydrogen) atoms. The van der Waals surface area contributed by atoms with E-state index in [-0.39, 0.29) is 34.7 Å². The van der Waals surface area contributed by atoms with E-state index in [9.17, 15) is 14.7 Å². The molecule has 1 heterocycles. The van der Waals surface area contributed by atoms with Crippen LogP contribution in [0.1, 0.15) is 6.42 Å². The lowest BCUT2D eigenvalue weighted by atomic mass is 10.1. The van der Waals surface area contributed by atoms with E-state index in [1.165, 1.54) is 24.1 Å². The Morgan fingerprint density at radius 1 is 1.42 bits per heavy atom. The summed E-state index contributed by atoms with van der Waals surface area (Å²) in [6, 6.07) is 2.66. The monoisotopic (exact) mass is 303 g/mol. The summed E-state index contributed by atoms with van der Waals surface area (Å²) in [4.78, 5) is 24.7. The Morgan fingerprint density at radius 3 is 2.74 bits per heavy atom. The highest BCUT2D eigenvalue weighted by molar-refractivity contribution is 6.37. The fourth-order valence-electron chi connectivity index (χ4n) is 2.00. The van der Waals surface area contributed by atoms with Crippen LogP contribution in [0.15, 0.2) is 12.1 Å². The minimum Gasteiger partial charge on any atom is -0.506 e. The van der Waals surface area contributed by atoms with Crippen LogP contribution in [0.3, 0.4) is 0 Å². The van der Waals surface area contributed by atoms with Gasteiger partial charge in [0.1, 0.15) is 5.75 Å². The lowest BCUT2D eigenvalue weighted by Gasteiger charge is -2.18. The number of phenolic OH excluding ortho intramolecular Hbond substituents is 1. The highest BCUT2D eigenvalue weighted by Crippen LogP contribution is 2.38. The van der Waals surface area contributed by atoms with Gasteiger partial charge in [0.15, 0.2) is 0 Å². The molecule has 0 spiro atoms. The molecule has 0 aliphatic carbocycles. The summed E-state index contributed by atoms with van der Waals surface area (Å²) in [7, 11) is 1.27. The van der Waals surface area contributed by atoms with Crippen LogP contribution < -0.4 is 4.90 Å². The third-order valence-corrected chi connectivity index (χ3v) is 3.57. The average molecular weight is 304 g/mol. The normalized spacial score (nSPS) is 18.8. The van der Waals surface area contributed by atoms with E-state index in [1.54, 1.807) is 0 Å². The summed E-state index contributed by atoms with van der Waals surface area (Å²) in [5.74, 6) is -1.38. The van der Waals surface area contributed by atoms with Gasteiger partial charge < -0.3 is 14.7 Å². The van der Waals surface area contributed by atoms with Crippen LogP contribution in [0.25, 0.3) is 0 Å². The minimum atomic E-state index is -0.522. The molecule has 5 nitrogen and oxygen atoms in total. The van der Waals surface area contributed by atoms with Crippen molar-refractivity contribution >= 4 is 40.8 Å². The highest BCUT2D eigenvalue weighted by Gasteiger charge is 2.36. The molecule has 1 aromatic rings. The molecule has 1 aliphatic heterocycles. The molecule has 102 valence electrons. The maximum atomic E-state index is 11.9. The Kier molecular flexibility index (Phi) is 3.87. The van der Waals surface area contributed by atoms with Crippen LogP contribution in [0, 0.1) is 5.92 Å². The number of benzene rings is 1. The molecule has 1 aliphatic rings. The van der Waals surface area contributed by atoms with Gasteiger partial charge in [-0.25, -0.2) is 0 Å². The fourth-order valence-corrected chi connectivity index (χ4v) is 2.48. The van der Waals surface area contributed by atoms with Gasteiger partial charge in [-0.05, 0) is 6.07 Å². The van der Waals surface area contributed by atoms with Crippen molar-refractivity contribution in [3.8, 4) is 5.75 Å². The molecule has 0 radical (unpaired) electrons. The van der Waals surface area contributed by atoms with Crippen molar-refractivity contribution in [2.24, 2.45) is 5.92 Å². The molecule has 2 rings (SSSR count). The Bertz CT molecular complexity index is 547.